The fourth-order valence-electron chi connectivity index (χ4n) is 2.89. The fraction of sp³-hybridized carbons (Fsp3) is 0.278. The Kier molecular flexibility index (Phi) is 4.86. The van der Waals surface area contributed by atoms with Gasteiger partial charge < -0.3 is 10.2 Å². The zero-order chi connectivity index (χ0) is 16.2. The van der Waals surface area contributed by atoms with Crippen molar-refractivity contribution in [3.63, 3.8) is 0 Å². The van der Waals surface area contributed by atoms with Gasteiger partial charge in [-0.2, -0.15) is 0 Å². The maximum absolute atomic E-state index is 14.1. The number of thioether (sulfide) groups is 1. The minimum atomic E-state index is -0.251. The second kappa shape index (κ2) is 7.04. The van der Waals surface area contributed by atoms with Gasteiger partial charge in [-0.25, -0.2) is 4.39 Å². The monoisotopic (exact) mass is 330 g/mol. The normalized spacial score (nSPS) is 13.6. The first-order chi connectivity index (χ1) is 11.2. The average molecular weight is 330 g/mol. The first-order valence-corrected chi connectivity index (χ1v) is 8.86. The number of anilines is 2. The van der Waals surface area contributed by atoms with Crippen molar-refractivity contribution in [1.29, 1.82) is 0 Å². The third-order valence-corrected chi connectivity index (χ3v) is 4.71. The molecule has 3 rings (SSSR count). The summed E-state index contributed by atoms with van der Waals surface area (Å²) in [7, 11) is 0. The summed E-state index contributed by atoms with van der Waals surface area (Å²) in [5.74, 6) is -0.377. The first kappa shape index (κ1) is 15.9. The smallest absolute Gasteiger partial charge is 0.243 e. The highest BCUT2D eigenvalue weighted by Crippen LogP contribution is 2.29. The predicted octanol–water partition coefficient (Wildman–Crippen LogP) is 3.94. The van der Waals surface area contributed by atoms with Gasteiger partial charge in [-0.1, -0.05) is 12.1 Å². The van der Waals surface area contributed by atoms with E-state index in [1.807, 2.05) is 41.5 Å². The number of fused-ring (bicyclic) bond motifs is 1. The van der Waals surface area contributed by atoms with Crippen LogP contribution in [-0.2, 0) is 11.2 Å². The zero-order valence-electron chi connectivity index (χ0n) is 13.0. The number of carbonyl (C=O) groups is 1. The van der Waals surface area contributed by atoms with Gasteiger partial charge in [-0.15, -0.1) is 11.8 Å². The van der Waals surface area contributed by atoms with Crippen LogP contribution in [0, 0.1) is 5.82 Å². The molecule has 1 aliphatic rings. The number of rotatable bonds is 4. The van der Waals surface area contributed by atoms with Crippen LogP contribution < -0.4 is 10.2 Å². The lowest BCUT2D eigenvalue weighted by atomic mass is 10.0. The number of amides is 1. The number of benzene rings is 2. The molecule has 0 fully saturated rings. The fourth-order valence-corrected chi connectivity index (χ4v) is 3.30. The van der Waals surface area contributed by atoms with Crippen LogP contribution in [0.2, 0.25) is 0 Å². The molecule has 23 heavy (non-hydrogen) atoms. The van der Waals surface area contributed by atoms with E-state index in [0.717, 1.165) is 29.0 Å². The maximum Gasteiger partial charge on any atom is 0.243 e. The van der Waals surface area contributed by atoms with Crippen molar-refractivity contribution in [2.45, 2.75) is 17.7 Å². The molecule has 0 aliphatic carbocycles. The van der Waals surface area contributed by atoms with Crippen molar-refractivity contribution in [1.82, 2.24) is 0 Å². The Hall–Kier alpha value is -2.01. The summed E-state index contributed by atoms with van der Waals surface area (Å²) < 4.78 is 14.1. The van der Waals surface area contributed by atoms with E-state index in [-0.39, 0.29) is 18.3 Å². The Labute approximate surface area is 139 Å². The van der Waals surface area contributed by atoms with Crippen LogP contribution in [0.1, 0.15) is 12.0 Å². The molecule has 0 unspecified atom stereocenters. The van der Waals surface area contributed by atoms with E-state index in [1.54, 1.807) is 17.8 Å². The van der Waals surface area contributed by atoms with E-state index in [2.05, 4.69) is 5.32 Å². The van der Waals surface area contributed by atoms with Gasteiger partial charge in [-0.05, 0) is 55.0 Å². The third kappa shape index (κ3) is 3.67. The molecular weight excluding hydrogens is 311 g/mol. The summed E-state index contributed by atoms with van der Waals surface area (Å²) in [5, 5.41) is 2.88. The average Bonchev–Trinajstić information content (AvgIpc) is 2.56. The van der Waals surface area contributed by atoms with Gasteiger partial charge in [0.05, 0.1) is 12.2 Å². The van der Waals surface area contributed by atoms with E-state index in [1.165, 1.54) is 6.07 Å². The van der Waals surface area contributed by atoms with E-state index in [0.29, 0.717) is 12.2 Å². The largest absolute Gasteiger partial charge is 0.360 e. The predicted molar refractivity (Wildman–Crippen MR) is 93.8 cm³/mol. The van der Waals surface area contributed by atoms with Crippen molar-refractivity contribution in [2.75, 3.05) is 29.6 Å². The Morgan fingerprint density at radius 1 is 1.26 bits per heavy atom. The molecular formula is C18H19FN2OS. The van der Waals surface area contributed by atoms with E-state index in [9.17, 15) is 9.18 Å². The Morgan fingerprint density at radius 2 is 2.04 bits per heavy atom. The van der Waals surface area contributed by atoms with Crippen molar-refractivity contribution < 1.29 is 9.18 Å². The molecule has 120 valence electrons. The van der Waals surface area contributed by atoms with Gasteiger partial charge in [0.25, 0.3) is 0 Å². The molecule has 1 heterocycles. The lowest BCUT2D eigenvalue weighted by Gasteiger charge is -2.31. The summed E-state index contributed by atoms with van der Waals surface area (Å²) in [5.41, 5.74) is 2.32. The summed E-state index contributed by atoms with van der Waals surface area (Å²) in [6.45, 7) is 0.866. The van der Waals surface area contributed by atoms with Crippen LogP contribution in [0.3, 0.4) is 0 Å². The van der Waals surface area contributed by atoms with Crippen LogP contribution in [0.15, 0.2) is 47.4 Å². The Balaban J connectivity index is 1.69. The topological polar surface area (TPSA) is 32.3 Å². The lowest BCUT2D eigenvalue weighted by molar-refractivity contribution is -0.115. The number of aryl methyl sites for hydroxylation is 1. The van der Waals surface area contributed by atoms with Crippen LogP contribution in [-0.4, -0.2) is 25.3 Å². The Morgan fingerprint density at radius 3 is 2.78 bits per heavy atom. The zero-order valence-corrected chi connectivity index (χ0v) is 13.8. The molecule has 1 amide bonds. The molecule has 0 aromatic heterocycles. The molecule has 0 atom stereocenters. The molecule has 0 spiro atoms. The molecule has 0 bridgehead atoms. The number of nitrogens with one attached hydrogen (secondary N) is 1. The van der Waals surface area contributed by atoms with Crippen LogP contribution in [0.4, 0.5) is 15.8 Å². The van der Waals surface area contributed by atoms with Gasteiger partial charge in [0, 0.05) is 17.1 Å². The molecule has 0 saturated carbocycles. The lowest BCUT2D eigenvalue weighted by Crippen LogP contribution is -2.37. The van der Waals surface area contributed by atoms with Crippen LogP contribution in [0.25, 0.3) is 0 Å². The van der Waals surface area contributed by atoms with Gasteiger partial charge in [0.2, 0.25) is 5.91 Å². The number of hydrogen-bond donors (Lipinski definition) is 1. The van der Waals surface area contributed by atoms with Gasteiger partial charge in [0.1, 0.15) is 5.82 Å². The highest BCUT2D eigenvalue weighted by Gasteiger charge is 2.22. The second-order valence-electron chi connectivity index (χ2n) is 5.55. The summed E-state index contributed by atoms with van der Waals surface area (Å²) in [6.07, 6.45) is 3.81. The Bertz CT molecular complexity index is 703. The number of hydrogen-bond acceptors (Lipinski definition) is 3. The molecule has 2 aromatic rings. The van der Waals surface area contributed by atoms with Gasteiger partial charge >= 0.3 is 0 Å². The van der Waals surface area contributed by atoms with Crippen LogP contribution in [0.5, 0.6) is 0 Å². The van der Waals surface area contributed by atoms with Gasteiger partial charge in [-0.3, -0.25) is 4.79 Å². The quantitative estimate of drug-likeness (QED) is 0.862. The molecule has 5 heteroatoms. The van der Waals surface area contributed by atoms with Crippen molar-refractivity contribution >= 4 is 29.0 Å². The summed E-state index contributed by atoms with van der Waals surface area (Å²) >= 11 is 1.66. The number of nitrogens with zero attached hydrogens (tertiary/aromatic N) is 1. The molecule has 2 aromatic carbocycles. The van der Waals surface area contributed by atoms with Gasteiger partial charge in [0.15, 0.2) is 0 Å². The maximum atomic E-state index is 14.1. The second-order valence-corrected chi connectivity index (χ2v) is 6.43. The standard InChI is InChI=1S/C18H19FN2OS/c1-23-15-9-7-14(8-10-15)20-17(22)12-21-11-3-5-13-4-2-6-16(19)18(13)21/h2,4,6-10H,3,5,11-12H2,1H3,(H,20,22). The van der Waals surface area contributed by atoms with E-state index < -0.39 is 0 Å². The minimum absolute atomic E-state index is 0.127. The van der Waals surface area contributed by atoms with E-state index >= 15 is 0 Å². The summed E-state index contributed by atoms with van der Waals surface area (Å²) in [6, 6.07) is 12.8. The molecule has 1 N–H and O–H groups in total. The van der Waals surface area contributed by atoms with Crippen molar-refractivity contribution in [3.8, 4) is 0 Å². The number of halogens is 1. The van der Waals surface area contributed by atoms with Crippen LogP contribution >= 0.6 is 11.8 Å². The number of para-hydroxylation sites is 1. The SMILES string of the molecule is CSc1ccc(NC(=O)CN2CCCc3cccc(F)c32)cc1. The molecule has 0 radical (unpaired) electrons. The summed E-state index contributed by atoms with van der Waals surface area (Å²) in [4.78, 5) is 15.3. The highest BCUT2D eigenvalue weighted by molar-refractivity contribution is 7.98. The first-order valence-electron chi connectivity index (χ1n) is 7.63. The molecule has 1 aliphatic heterocycles. The third-order valence-electron chi connectivity index (χ3n) is 3.97. The molecule has 0 saturated heterocycles. The van der Waals surface area contributed by atoms with Crippen molar-refractivity contribution in [3.05, 3.63) is 53.8 Å². The van der Waals surface area contributed by atoms with E-state index in [4.69, 9.17) is 0 Å². The molecule has 3 nitrogen and oxygen atoms in total. The highest BCUT2D eigenvalue weighted by atomic mass is 32.2. The van der Waals surface area contributed by atoms with Crippen molar-refractivity contribution in [2.24, 2.45) is 0 Å². The minimum Gasteiger partial charge on any atom is -0.360 e. The number of carbonyl (C=O) groups excluding carboxylic acids is 1.